The average molecular weight is 508 g/mol. The van der Waals surface area contributed by atoms with E-state index in [0.717, 1.165) is 0 Å². The van der Waals surface area contributed by atoms with Crippen LogP contribution in [0.2, 0.25) is 0 Å². The monoisotopic (exact) mass is 508 g/mol. The minimum Gasteiger partial charge on any atom is -0.481 e. The Balaban J connectivity index is 2.15. The largest absolute Gasteiger partial charge is 0.481 e. The molecule has 4 atom stereocenters. The normalized spacial score (nSPS) is 14.2. The highest BCUT2D eigenvalue weighted by Gasteiger charge is 2.31. The quantitative estimate of drug-likeness (QED) is 0.115. The van der Waals surface area contributed by atoms with Crippen LogP contribution in [0, 0.1) is 0 Å². The third kappa shape index (κ3) is 8.80. The molecule has 2 aromatic rings. The van der Waals surface area contributed by atoms with Crippen LogP contribution in [0.1, 0.15) is 24.2 Å². The van der Waals surface area contributed by atoms with Gasteiger partial charge in [-0.15, -0.1) is 0 Å². The summed E-state index contributed by atoms with van der Waals surface area (Å²) >= 11 is 0. The van der Waals surface area contributed by atoms with Crippen LogP contribution in [0.5, 0.6) is 0 Å². The fourth-order valence-electron chi connectivity index (χ4n) is 3.10. The number of aliphatic carboxylic acids is 2. The van der Waals surface area contributed by atoms with E-state index in [1.54, 1.807) is 0 Å². The number of carbonyl (C=O) groups excluding carboxylic acids is 3. The maximum absolute atomic E-state index is 13.0. The maximum atomic E-state index is 13.0. The number of rotatable bonds is 15. The van der Waals surface area contributed by atoms with Gasteiger partial charge in [-0.3, -0.25) is 19.2 Å². The molecule has 16 nitrogen and oxygen atoms in total. The van der Waals surface area contributed by atoms with Gasteiger partial charge in [-0.25, -0.2) is 14.8 Å². The van der Waals surface area contributed by atoms with Crippen LogP contribution in [0.15, 0.2) is 25.0 Å². The van der Waals surface area contributed by atoms with Crippen molar-refractivity contribution in [1.29, 1.82) is 0 Å². The van der Waals surface area contributed by atoms with E-state index in [2.05, 4.69) is 35.9 Å². The molecule has 0 aliphatic carbocycles. The molecule has 2 rings (SSSR count). The van der Waals surface area contributed by atoms with E-state index in [0.29, 0.717) is 11.4 Å². The van der Waals surface area contributed by atoms with E-state index in [9.17, 15) is 29.1 Å². The Morgan fingerprint density at radius 1 is 0.833 bits per heavy atom. The minimum atomic E-state index is -1.62. The first kappa shape index (κ1) is 27.9. The first-order chi connectivity index (χ1) is 17.1. The second-order valence-electron chi connectivity index (χ2n) is 7.81. The number of aliphatic hydroxyl groups is 1. The number of hydrogen-bond donors (Lipinski definition) is 9. The first-order valence-corrected chi connectivity index (χ1v) is 10.8. The van der Waals surface area contributed by atoms with Crippen molar-refractivity contribution in [1.82, 2.24) is 35.9 Å². The molecule has 0 saturated heterocycles. The van der Waals surface area contributed by atoms with Gasteiger partial charge in [-0.1, -0.05) is 0 Å². The van der Waals surface area contributed by atoms with Crippen molar-refractivity contribution in [3.05, 3.63) is 36.4 Å². The SMILES string of the molecule is NC(Cc1cnc[nH]1)C(=O)NC(CCC(=O)O)C(=O)NC(Cc1cnc[nH]1)C(=O)NC(CO)C(=O)O. The molecule has 0 saturated carbocycles. The zero-order chi connectivity index (χ0) is 26.7. The van der Waals surface area contributed by atoms with Gasteiger partial charge in [0.2, 0.25) is 17.7 Å². The number of imidazole rings is 2. The molecule has 0 aromatic carbocycles. The van der Waals surface area contributed by atoms with Crippen LogP contribution in [0.4, 0.5) is 0 Å². The first-order valence-electron chi connectivity index (χ1n) is 10.8. The Morgan fingerprint density at radius 2 is 1.36 bits per heavy atom. The molecule has 36 heavy (non-hydrogen) atoms. The molecule has 196 valence electrons. The predicted molar refractivity (Wildman–Crippen MR) is 120 cm³/mol. The Labute approximate surface area is 204 Å². The van der Waals surface area contributed by atoms with Gasteiger partial charge in [-0.05, 0) is 6.42 Å². The van der Waals surface area contributed by atoms with Gasteiger partial charge in [0.15, 0.2) is 0 Å². The van der Waals surface area contributed by atoms with Gasteiger partial charge in [-0.2, -0.15) is 0 Å². The fraction of sp³-hybridized carbons (Fsp3) is 0.450. The van der Waals surface area contributed by atoms with Gasteiger partial charge < -0.3 is 47.0 Å². The molecular formula is C20H28N8O8. The number of H-pyrrole nitrogens is 2. The molecule has 4 unspecified atom stereocenters. The van der Waals surface area contributed by atoms with E-state index < -0.39 is 66.9 Å². The number of aromatic amines is 2. The third-order valence-electron chi connectivity index (χ3n) is 5.02. The summed E-state index contributed by atoms with van der Waals surface area (Å²) in [6, 6.07) is -5.43. The van der Waals surface area contributed by atoms with Crippen molar-refractivity contribution in [3.63, 3.8) is 0 Å². The highest BCUT2D eigenvalue weighted by Crippen LogP contribution is 2.05. The summed E-state index contributed by atoms with van der Waals surface area (Å²) in [4.78, 5) is 73.8. The molecule has 16 heteroatoms. The summed E-state index contributed by atoms with van der Waals surface area (Å²) in [6.45, 7) is -0.892. The number of nitrogens with two attached hydrogens (primary N) is 1. The molecule has 2 heterocycles. The van der Waals surface area contributed by atoms with Gasteiger partial charge in [0.1, 0.15) is 18.1 Å². The van der Waals surface area contributed by atoms with E-state index >= 15 is 0 Å². The molecule has 10 N–H and O–H groups in total. The molecule has 0 bridgehead atoms. The van der Waals surface area contributed by atoms with Crippen LogP contribution in [0.3, 0.4) is 0 Å². The van der Waals surface area contributed by atoms with Gasteiger partial charge >= 0.3 is 11.9 Å². The molecule has 0 spiro atoms. The number of nitrogens with one attached hydrogen (secondary N) is 5. The number of amides is 3. The van der Waals surface area contributed by atoms with Crippen molar-refractivity contribution in [2.45, 2.75) is 49.9 Å². The van der Waals surface area contributed by atoms with Gasteiger partial charge in [0.25, 0.3) is 0 Å². The maximum Gasteiger partial charge on any atom is 0.328 e. The van der Waals surface area contributed by atoms with Gasteiger partial charge in [0.05, 0.1) is 25.3 Å². The number of aromatic nitrogens is 4. The Kier molecular flexibility index (Phi) is 10.5. The van der Waals surface area contributed by atoms with E-state index in [1.807, 2.05) is 0 Å². The van der Waals surface area contributed by atoms with Gasteiger partial charge in [0, 0.05) is 43.0 Å². The number of carbonyl (C=O) groups is 5. The summed E-state index contributed by atoms with van der Waals surface area (Å²) in [5.41, 5.74) is 6.87. The van der Waals surface area contributed by atoms with Crippen molar-refractivity contribution in [3.8, 4) is 0 Å². The summed E-state index contributed by atoms with van der Waals surface area (Å²) in [7, 11) is 0. The highest BCUT2D eigenvalue weighted by molar-refractivity contribution is 5.94. The summed E-state index contributed by atoms with van der Waals surface area (Å²) in [6.07, 6.45) is 4.72. The Hall–Kier alpha value is -4.31. The number of carboxylic acids is 2. The number of nitrogens with zero attached hydrogens (tertiary/aromatic N) is 2. The van der Waals surface area contributed by atoms with Crippen LogP contribution in [-0.2, 0) is 36.8 Å². The Bertz CT molecular complexity index is 1030. The highest BCUT2D eigenvalue weighted by atomic mass is 16.4. The number of carboxylic acid groups (broad SMARTS) is 2. The lowest BCUT2D eigenvalue weighted by molar-refractivity contribution is -0.143. The lowest BCUT2D eigenvalue weighted by Crippen LogP contribution is -2.58. The molecule has 0 aliphatic heterocycles. The lowest BCUT2D eigenvalue weighted by Gasteiger charge is -2.24. The van der Waals surface area contributed by atoms with E-state index in [4.69, 9.17) is 15.9 Å². The molecule has 0 fully saturated rings. The van der Waals surface area contributed by atoms with Crippen LogP contribution >= 0.6 is 0 Å². The second-order valence-corrected chi connectivity index (χ2v) is 7.81. The van der Waals surface area contributed by atoms with Crippen molar-refractivity contribution in [2.24, 2.45) is 5.73 Å². The second kappa shape index (κ2) is 13.5. The summed E-state index contributed by atoms with van der Waals surface area (Å²) in [5, 5.41) is 34.2. The van der Waals surface area contributed by atoms with Crippen molar-refractivity contribution >= 4 is 29.7 Å². The molecule has 3 amide bonds. The van der Waals surface area contributed by atoms with Crippen molar-refractivity contribution in [2.75, 3.05) is 6.61 Å². The smallest absolute Gasteiger partial charge is 0.328 e. The molecule has 0 aliphatic rings. The molecule has 2 aromatic heterocycles. The standard InChI is InChI=1S/C20H28N8O8/c21-12(3-10-5-22-8-24-10)17(32)26-13(1-2-16(30)31)18(33)27-14(4-11-6-23-9-25-11)19(34)28-15(7-29)20(35)36/h5-6,8-9,12-15,29H,1-4,7,21H2,(H,22,24)(H,23,25)(H,26,32)(H,27,33)(H,28,34)(H,30,31)(H,35,36). The summed E-state index contributed by atoms with van der Waals surface area (Å²) < 4.78 is 0. The van der Waals surface area contributed by atoms with Crippen LogP contribution in [-0.4, -0.2) is 95.7 Å². The van der Waals surface area contributed by atoms with E-state index in [-0.39, 0.29) is 19.3 Å². The zero-order valence-corrected chi connectivity index (χ0v) is 19.0. The topological polar surface area (TPSA) is 266 Å². The summed E-state index contributed by atoms with van der Waals surface area (Å²) in [5.74, 6) is -5.28. The Morgan fingerprint density at radius 3 is 1.86 bits per heavy atom. The van der Waals surface area contributed by atoms with Crippen molar-refractivity contribution < 1.29 is 39.3 Å². The molecule has 0 radical (unpaired) electrons. The lowest BCUT2D eigenvalue weighted by atomic mass is 10.1. The third-order valence-corrected chi connectivity index (χ3v) is 5.02. The number of hydrogen-bond acceptors (Lipinski definition) is 9. The van der Waals surface area contributed by atoms with Crippen LogP contribution in [0.25, 0.3) is 0 Å². The van der Waals surface area contributed by atoms with Crippen LogP contribution < -0.4 is 21.7 Å². The fourth-order valence-corrected chi connectivity index (χ4v) is 3.10. The molecular weight excluding hydrogens is 480 g/mol. The minimum absolute atomic E-state index is 0.0711. The average Bonchev–Trinajstić information content (AvgIpc) is 3.53. The predicted octanol–water partition coefficient (Wildman–Crippen LogP) is -3.36. The number of aliphatic hydroxyl groups excluding tert-OH is 1. The zero-order valence-electron chi connectivity index (χ0n) is 19.0. The van der Waals surface area contributed by atoms with E-state index in [1.165, 1.54) is 25.0 Å².